The zero-order chi connectivity index (χ0) is 15.4. The van der Waals surface area contributed by atoms with Gasteiger partial charge in [-0.2, -0.15) is 5.26 Å². The largest absolute Gasteiger partial charge is 0.383 e. The Morgan fingerprint density at radius 3 is 2.57 bits per heavy atom. The van der Waals surface area contributed by atoms with Crippen LogP contribution in [0.5, 0.6) is 0 Å². The predicted octanol–water partition coefficient (Wildman–Crippen LogP) is 3.86. The fourth-order valence-corrected chi connectivity index (χ4v) is 2.59. The Kier molecular flexibility index (Phi) is 4.54. The number of hydrogen-bond acceptors (Lipinski definition) is 3. The topological polar surface area (TPSA) is 62.7 Å². The SMILES string of the molecule is CCCc1nc(N)c(C#N)c(-c2ccccc2F)c1CC. The van der Waals surface area contributed by atoms with Gasteiger partial charge in [0.15, 0.2) is 0 Å². The quantitative estimate of drug-likeness (QED) is 0.926. The highest BCUT2D eigenvalue weighted by molar-refractivity contribution is 5.79. The molecule has 0 atom stereocenters. The molecule has 0 saturated heterocycles. The van der Waals surface area contributed by atoms with E-state index >= 15 is 0 Å². The monoisotopic (exact) mass is 283 g/mol. The van der Waals surface area contributed by atoms with Gasteiger partial charge in [0, 0.05) is 16.8 Å². The molecule has 108 valence electrons. The number of benzene rings is 1. The number of nitriles is 1. The number of aryl methyl sites for hydroxylation is 1. The lowest BCUT2D eigenvalue weighted by Gasteiger charge is -2.16. The summed E-state index contributed by atoms with van der Waals surface area (Å²) in [6.07, 6.45) is 2.36. The van der Waals surface area contributed by atoms with Gasteiger partial charge in [-0.3, -0.25) is 0 Å². The second-order valence-corrected chi connectivity index (χ2v) is 4.87. The third kappa shape index (κ3) is 2.73. The average molecular weight is 283 g/mol. The van der Waals surface area contributed by atoms with Crippen LogP contribution in [0, 0.1) is 17.1 Å². The van der Waals surface area contributed by atoms with E-state index in [-0.39, 0.29) is 17.2 Å². The minimum absolute atomic E-state index is 0.177. The van der Waals surface area contributed by atoms with E-state index in [1.807, 2.05) is 6.92 Å². The van der Waals surface area contributed by atoms with E-state index in [1.54, 1.807) is 18.2 Å². The highest BCUT2D eigenvalue weighted by Gasteiger charge is 2.20. The molecule has 0 radical (unpaired) electrons. The summed E-state index contributed by atoms with van der Waals surface area (Å²) in [5.41, 5.74) is 8.95. The van der Waals surface area contributed by atoms with Crippen LogP contribution >= 0.6 is 0 Å². The Balaban J connectivity index is 2.84. The van der Waals surface area contributed by atoms with Gasteiger partial charge in [0.2, 0.25) is 0 Å². The molecule has 0 saturated carbocycles. The van der Waals surface area contributed by atoms with Gasteiger partial charge < -0.3 is 5.73 Å². The number of halogens is 1. The van der Waals surface area contributed by atoms with Gasteiger partial charge in [-0.15, -0.1) is 0 Å². The standard InChI is InChI=1S/C17H18FN3/c1-3-7-15-11(4-2)16(13(10-19)17(20)21-15)12-8-5-6-9-14(12)18/h5-6,8-9H,3-4,7H2,1-2H3,(H2,20,21). The zero-order valence-electron chi connectivity index (χ0n) is 12.3. The molecule has 2 N–H and O–H groups in total. The molecule has 2 aromatic rings. The minimum Gasteiger partial charge on any atom is -0.383 e. The van der Waals surface area contributed by atoms with Crippen LogP contribution in [0.3, 0.4) is 0 Å². The van der Waals surface area contributed by atoms with Crippen molar-refractivity contribution in [3.8, 4) is 17.2 Å². The molecule has 0 amide bonds. The molecule has 0 bridgehead atoms. The number of rotatable bonds is 4. The maximum Gasteiger partial charge on any atom is 0.142 e. The number of pyridine rings is 1. The summed E-state index contributed by atoms with van der Waals surface area (Å²) in [4.78, 5) is 4.35. The van der Waals surface area contributed by atoms with Crippen molar-refractivity contribution in [3.63, 3.8) is 0 Å². The predicted molar refractivity (Wildman–Crippen MR) is 82.1 cm³/mol. The molecule has 4 heteroatoms. The fourth-order valence-electron chi connectivity index (χ4n) is 2.59. The highest BCUT2D eigenvalue weighted by atomic mass is 19.1. The van der Waals surface area contributed by atoms with Crippen molar-refractivity contribution in [2.75, 3.05) is 5.73 Å². The van der Waals surface area contributed by atoms with E-state index in [1.165, 1.54) is 6.07 Å². The summed E-state index contributed by atoms with van der Waals surface area (Å²) in [7, 11) is 0. The number of nitrogens with zero attached hydrogens (tertiary/aromatic N) is 2. The lowest BCUT2D eigenvalue weighted by Crippen LogP contribution is -2.08. The van der Waals surface area contributed by atoms with E-state index in [9.17, 15) is 9.65 Å². The molecular weight excluding hydrogens is 265 g/mol. The number of aromatic nitrogens is 1. The van der Waals surface area contributed by atoms with Crippen LogP contribution in [0.4, 0.5) is 10.2 Å². The molecule has 1 aromatic heterocycles. The number of nitrogens with two attached hydrogens (primary N) is 1. The first-order valence-corrected chi connectivity index (χ1v) is 7.10. The Bertz CT molecular complexity index is 702. The molecular formula is C17H18FN3. The molecule has 0 aliphatic heterocycles. The molecule has 1 aromatic carbocycles. The first-order valence-electron chi connectivity index (χ1n) is 7.10. The van der Waals surface area contributed by atoms with Gasteiger partial charge in [0.1, 0.15) is 23.3 Å². The van der Waals surface area contributed by atoms with Gasteiger partial charge in [0.25, 0.3) is 0 Å². The molecule has 0 aliphatic rings. The molecule has 0 fully saturated rings. The molecule has 2 rings (SSSR count). The maximum absolute atomic E-state index is 14.2. The van der Waals surface area contributed by atoms with Crippen molar-refractivity contribution in [1.29, 1.82) is 5.26 Å². The first kappa shape index (κ1) is 15.0. The molecule has 1 heterocycles. The summed E-state index contributed by atoms with van der Waals surface area (Å²) in [5.74, 6) is -0.173. The van der Waals surface area contributed by atoms with Crippen LogP contribution < -0.4 is 5.73 Å². The van der Waals surface area contributed by atoms with E-state index in [0.29, 0.717) is 17.5 Å². The van der Waals surface area contributed by atoms with Crippen molar-refractivity contribution < 1.29 is 4.39 Å². The number of anilines is 1. The average Bonchev–Trinajstić information content (AvgIpc) is 2.47. The van der Waals surface area contributed by atoms with Crippen LogP contribution in [0.25, 0.3) is 11.1 Å². The summed E-state index contributed by atoms with van der Waals surface area (Å²) in [5, 5.41) is 9.40. The van der Waals surface area contributed by atoms with E-state index in [0.717, 1.165) is 24.1 Å². The van der Waals surface area contributed by atoms with Gasteiger partial charge in [-0.05, 0) is 24.5 Å². The third-order valence-electron chi connectivity index (χ3n) is 3.51. The number of hydrogen-bond donors (Lipinski definition) is 1. The second-order valence-electron chi connectivity index (χ2n) is 4.87. The maximum atomic E-state index is 14.2. The van der Waals surface area contributed by atoms with Gasteiger partial charge >= 0.3 is 0 Å². The molecule has 3 nitrogen and oxygen atoms in total. The molecule has 21 heavy (non-hydrogen) atoms. The smallest absolute Gasteiger partial charge is 0.142 e. The van der Waals surface area contributed by atoms with Crippen molar-refractivity contribution in [1.82, 2.24) is 4.98 Å². The highest BCUT2D eigenvalue weighted by Crippen LogP contribution is 2.34. The van der Waals surface area contributed by atoms with Gasteiger partial charge in [-0.25, -0.2) is 9.37 Å². The van der Waals surface area contributed by atoms with Crippen LogP contribution in [0.15, 0.2) is 24.3 Å². The van der Waals surface area contributed by atoms with Crippen molar-refractivity contribution >= 4 is 5.82 Å². The normalized spacial score (nSPS) is 10.4. The molecule has 0 spiro atoms. The van der Waals surface area contributed by atoms with Gasteiger partial charge in [-0.1, -0.05) is 38.5 Å². The van der Waals surface area contributed by atoms with Crippen molar-refractivity contribution in [2.24, 2.45) is 0 Å². The van der Waals surface area contributed by atoms with E-state index in [4.69, 9.17) is 5.73 Å². The summed E-state index contributed by atoms with van der Waals surface area (Å²) < 4.78 is 14.2. The Labute approximate surface area is 124 Å². The summed E-state index contributed by atoms with van der Waals surface area (Å²) >= 11 is 0. The van der Waals surface area contributed by atoms with Crippen LogP contribution in [-0.2, 0) is 12.8 Å². The first-order chi connectivity index (χ1) is 10.1. The van der Waals surface area contributed by atoms with Crippen LogP contribution in [0.2, 0.25) is 0 Å². The van der Waals surface area contributed by atoms with Crippen LogP contribution in [0.1, 0.15) is 37.1 Å². The molecule has 0 unspecified atom stereocenters. The van der Waals surface area contributed by atoms with Crippen LogP contribution in [-0.4, -0.2) is 4.98 Å². The minimum atomic E-state index is -0.350. The lowest BCUT2D eigenvalue weighted by atomic mass is 9.91. The summed E-state index contributed by atoms with van der Waals surface area (Å²) in [6, 6.07) is 8.55. The van der Waals surface area contributed by atoms with Crippen molar-refractivity contribution in [2.45, 2.75) is 33.1 Å². The zero-order valence-corrected chi connectivity index (χ0v) is 12.3. The van der Waals surface area contributed by atoms with Gasteiger partial charge in [0.05, 0.1) is 0 Å². The van der Waals surface area contributed by atoms with E-state index in [2.05, 4.69) is 18.0 Å². The van der Waals surface area contributed by atoms with E-state index < -0.39 is 0 Å². The second kappa shape index (κ2) is 6.36. The third-order valence-corrected chi connectivity index (χ3v) is 3.51. The number of nitrogen functional groups attached to an aromatic ring is 1. The Morgan fingerprint density at radius 2 is 2.00 bits per heavy atom. The Morgan fingerprint density at radius 1 is 1.29 bits per heavy atom. The Hall–Kier alpha value is -2.41. The fraction of sp³-hybridized carbons (Fsp3) is 0.294. The lowest BCUT2D eigenvalue weighted by molar-refractivity contribution is 0.631. The van der Waals surface area contributed by atoms with Crippen molar-refractivity contribution in [3.05, 3.63) is 46.9 Å². The molecule has 0 aliphatic carbocycles. The summed E-state index contributed by atoms with van der Waals surface area (Å²) in [6.45, 7) is 4.04.